The zero-order chi connectivity index (χ0) is 22.8. The van der Waals surface area contributed by atoms with E-state index in [1.807, 2.05) is 60.8 Å². The summed E-state index contributed by atoms with van der Waals surface area (Å²) in [5.41, 5.74) is 6.00. The zero-order valence-electron chi connectivity index (χ0n) is 18.2. The van der Waals surface area contributed by atoms with Crippen molar-refractivity contribution in [3.05, 3.63) is 84.1 Å². The van der Waals surface area contributed by atoms with Crippen LogP contribution in [0, 0.1) is 6.92 Å². The van der Waals surface area contributed by atoms with Crippen molar-refractivity contribution >= 4 is 28.0 Å². The molecule has 0 unspecified atom stereocenters. The number of rotatable bonds is 7. The summed E-state index contributed by atoms with van der Waals surface area (Å²) in [7, 11) is 0. The highest BCUT2D eigenvalue weighted by Gasteiger charge is 2.18. The summed E-state index contributed by atoms with van der Waals surface area (Å²) in [5, 5.41) is 11.3. The maximum Gasteiger partial charge on any atom is 0.512 e. The Hall–Kier alpha value is -4.19. The Labute approximate surface area is 190 Å². The van der Waals surface area contributed by atoms with Gasteiger partial charge in [0.15, 0.2) is 0 Å². The second kappa shape index (κ2) is 8.74. The standard InChI is InChI=1S/C27H24N2O4/c1-17-7-2-3-8-18(17)19-9-4-10-20-21(26(29-25(19)20)33-27(30)31)11-6-16-32-24-13-5-12-23-22(24)14-15-28-23/h2-5,7-10,12-15,28-29H,6,11,16H2,1H3,(H,30,31). The van der Waals surface area contributed by atoms with E-state index < -0.39 is 6.16 Å². The topological polar surface area (TPSA) is 87.3 Å². The maximum absolute atomic E-state index is 11.4. The van der Waals surface area contributed by atoms with E-state index in [0.29, 0.717) is 19.4 Å². The zero-order valence-corrected chi connectivity index (χ0v) is 18.2. The average Bonchev–Trinajstić information content (AvgIpc) is 3.42. The number of aryl methyl sites for hydroxylation is 2. The lowest BCUT2D eigenvalue weighted by Gasteiger charge is -2.09. The highest BCUT2D eigenvalue weighted by molar-refractivity contribution is 5.98. The molecule has 0 aliphatic rings. The molecule has 5 aromatic rings. The highest BCUT2D eigenvalue weighted by Crippen LogP contribution is 2.36. The van der Waals surface area contributed by atoms with E-state index in [4.69, 9.17) is 9.47 Å². The quantitative estimate of drug-likeness (QED) is 0.194. The molecule has 3 aromatic carbocycles. The number of nitrogens with one attached hydrogen (secondary N) is 2. The van der Waals surface area contributed by atoms with Gasteiger partial charge in [-0.2, -0.15) is 0 Å². The molecule has 0 saturated heterocycles. The molecule has 33 heavy (non-hydrogen) atoms. The Morgan fingerprint density at radius 1 is 0.939 bits per heavy atom. The van der Waals surface area contributed by atoms with Crippen molar-refractivity contribution in [3.8, 4) is 22.8 Å². The summed E-state index contributed by atoms with van der Waals surface area (Å²) in [6.07, 6.45) is 1.88. The van der Waals surface area contributed by atoms with E-state index in [9.17, 15) is 9.90 Å². The molecule has 2 heterocycles. The number of aromatic amines is 2. The Morgan fingerprint density at radius 3 is 2.61 bits per heavy atom. The van der Waals surface area contributed by atoms with Crippen LogP contribution < -0.4 is 9.47 Å². The van der Waals surface area contributed by atoms with Gasteiger partial charge in [-0.15, -0.1) is 0 Å². The maximum atomic E-state index is 11.4. The third-order valence-electron chi connectivity index (χ3n) is 5.91. The molecule has 3 N–H and O–H groups in total. The van der Waals surface area contributed by atoms with Crippen LogP contribution in [0.2, 0.25) is 0 Å². The van der Waals surface area contributed by atoms with Gasteiger partial charge in [0.2, 0.25) is 5.88 Å². The minimum Gasteiger partial charge on any atom is -0.493 e. The lowest BCUT2D eigenvalue weighted by molar-refractivity contribution is 0.142. The summed E-state index contributed by atoms with van der Waals surface area (Å²) in [6.45, 7) is 2.57. The van der Waals surface area contributed by atoms with Gasteiger partial charge in [0.05, 0.1) is 12.1 Å². The molecule has 6 nitrogen and oxygen atoms in total. The smallest absolute Gasteiger partial charge is 0.493 e. The van der Waals surface area contributed by atoms with Gasteiger partial charge in [-0.3, -0.25) is 0 Å². The summed E-state index contributed by atoms with van der Waals surface area (Å²) in [4.78, 5) is 17.8. The molecule has 0 aliphatic carbocycles. The van der Waals surface area contributed by atoms with E-state index in [2.05, 4.69) is 29.0 Å². The van der Waals surface area contributed by atoms with Gasteiger partial charge >= 0.3 is 6.16 Å². The van der Waals surface area contributed by atoms with Crippen molar-refractivity contribution in [1.29, 1.82) is 0 Å². The Morgan fingerprint density at radius 2 is 1.76 bits per heavy atom. The van der Waals surface area contributed by atoms with Gasteiger partial charge in [0, 0.05) is 33.6 Å². The summed E-state index contributed by atoms with van der Waals surface area (Å²) < 4.78 is 11.2. The van der Waals surface area contributed by atoms with Gasteiger partial charge in [-0.1, -0.05) is 48.5 Å². The van der Waals surface area contributed by atoms with E-state index in [1.165, 1.54) is 0 Å². The number of ether oxygens (including phenoxy) is 2. The van der Waals surface area contributed by atoms with Crippen LogP contribution in [0.3, 0.4) is 0 Å². The third kappa shape index (κ3) is 4.03. The van der Waals surface area contributed by atoms with Crippen molar-refractivity contribution in [1.82, 2.24) is 9.97 Å². The molecule has 0 saturated carbocycles. The number of benzene rings is 3. The molecule has 0 amide bonds. The molecular weight excluding hydrogens is 416 g/mol. The van der Waals surface area contributed by atoms with Crippen molar-refractivity contribution < 1.29 is 19.4 Å². The number of aromatic nitrogens is 2. The first-order valence-corrected chi connectivity index (χ1v) is 10.9. The summed E-state index contributed by atoms with van der Waals surface area (Å²) in [5.74, 6) is 1.10. The average molecular weight is 440 g/mol. The fourth-order valence-corrected chi connectivity index (χ4v) is 4.39. The van der Waals surface area contributed by atoms with Gasteiger partial charge in [0.25, 0.3) is 0 Å². The van der Waals surface area contributed by atoms with Crippen LogP contribution in [-0.2, 0) is 6.42 Å². The second-order valence-electron chi connectivity index (χ2n) is 7.99. The lowest BCUT2D eigenvalue weighted by atomic mass is 9.97. The molecule has 2 aromatic heterocycles. The van der Waals surface area contributed by atoms with Crippen LogP contribution >= 0.6 is 0 Å². The molecular formula is C27H24N2O4. The van der Waals surface area contributed by atoms with Crippen molar-refractivity contribution in [2.45, 2.75) is 19.8 Å². The van der Waals surface area contributed by atoms with Crippen LogP contribution in [0.4, 0.5) is 4.79 Å². The Kier molecular flexibility index (Phi) is 5.48. The fraction of sp³-hybridized carbons (Fsp3) is 0.148. The number of fused-ring (bicyclic) bond motifs is 2. The normalized spacial score (nSPS) is 11.2. The molecule has 0 fully saturated rings. The van der Waals surface area contributed by atoms with Crippen LogP contribution in [0.5, 0.6) is 11.6 Å². The largest absolute Gasteiger partial charge is 0.512 e. The number of carboxylic acid groups (broad SMARTS) is 1. The predicted molar refractivity (Wildman–Crippen MR) is 129 cm³/mol. The Balaban J connectivity index is 1.43. The van der Waals surface area contributed by atoms with Crippen LogP contribution in [0.25, 0.3) is 32.9 Å². The first-order chi connectivity index (χ1) is 16.1. The molecule has 0 radical (unpaired) electrons. The number of carbonyl (C=O) groups is 1. The van der Waals surface area contributed by atoms with Crippen LogP contribution in [0.1, 0.15) is 17.5 Å². The lowest BCUT2D eigenvalue weighted by Crippen LogP contribution is -2.06. The molecule has 0 atom stereocenters. The van der Waals surface area contributed by atoms with Crippen LogP contribution in [-0.4, -0.2) is 27.8 Å². The summed E-state index contributed by atoms with van der Waals surface area (Å²) >= 11 is 0. The SMILES string of the molecule is Cc1ccccc1-c1cccc2c(CCCOc3cccc4[nH]ccc34)c(OC(=O)O)[nH]c12. The highest BCUT2D eigenvalue weighted by atomic mass is 16.7. The Bertz CT molecular complexity index is 1450. The fourth-order valence-electron chi connectivity index (χ4n) is 4.39. The van der Waals surface area contributed by atoms with Gasteiger partial charge in [-0.25, -0.2) is 4.79 Å². The first kappa shape index (κ1) is 20.7. The van der Waals surface area contributed by atoms with E-state index in [-0.39, 0.29) is 5.88 Å². The molecule has 0 spiro atoms. The van der Waals surface area contributed by atoms with E-state index >= 15 is 0 Å². The number of para-hydroxylation sites is 1. The predicted octanol–water partition coefficient (Wildman–Crippen LogP) is 6.69. The second-order valence-corrected chi connectivity index (χ2v) is 7.99. The monoisotopic (exact) mass is 440 g/mol. The third-order valence-corrected chi connectivity index (χ3v) is 5.91. The van der Waals surface area contributed by atoms with E-state index in [0.717, 1.165) is 49.8 Å². The minimum atomic E-state index is -1.34. The van der Waals surface area contributed by atoms with Gasteiger partial charge < -0.3 is 24.5 Å². The molecule has 0 aliphatic heterocycles. The first-order valence-electron chi connectivity index (χ1n) is 10.9. The molecule has 6 heteroatoms. The number of hydrogen-bond acceptors (Lipinski definition) is 3. The van der Waals surface area contributed by atoms with Gasteiger partial charge in [0.1, 0.15) is 5.75 Å². The van der Waals surface area contributed by atoms with Crippen molar-refractivity contribution in [3.63, 3.8) is 0 Å². The number of hydrogen-bond donors (Lipinski definition) is 3. The number of H-pyrrole nitrogens is 2. The van der Waals surface area contributed by atoms with E-state index in [1.54, 1.807) is 0 Å². The summed E-state index contributed by atoms with van der Waals surface area (Å²) in [6, 6.07) is 22.1. The molecule has 5 rings (SSSR count). The van der Waals surface area contributed by atoms with Gasteiger partial charge in [-0.05, 0) is 49.1 Å². The van der Waals surface area contributed by atoms with Crippen LogP contribution in [0.15, 0.2) is 72.9 Å². The van der Waals surface area contributed by atoms with Crippen molar-refractivity contribution in [2.24, 2.45) is 0 Å². The minimum absolute atomic E-state index is 0.270. The molecule has 0 bridgehead atoms. The molecule has 166 valence electrons. The van der Waals surface area contributed by atoms with Crippen molar-refractivity contribution in [2.75, 3.05) is 6.61 Å².